The molecule has 0 aromatic carbocycles. The number of carbonyl (C=O) groups is 1. The highest BCUT2D eigenvalue weighted by Gasteiger charge is 2.08. The molecule has 0 aliphatic heterocycles. The largest absolute Gasteiger partial charge is 0.363 e. The van der Waals surface area contributed by atoms with E-state index in [9.17, 15) is 4.79 Å². The molecule has 0 aliphatic carbocycles. The van der Waals surface area contributed by atoms with Crippen LogP contribution in [0, 0.1) is 0 Å². The lowest BCUT2D eigenvalue weighted by atomic mass is 10.2. The van der Waals surface area contributed by atoms with E-state index in [-0.39, 0.29) is 6.03 Å². The Morgan fingerprint density at radius 3 is 2.80 bits per heavy atom. The normalized spacial score (nSPS) is 10.3. The third-order valence-corrected chi connectivity index (χ3v) is 3.41. The molecule has 3 rings (SSSR count). The molecule has 128 valence electrons. The van der Waals surface area contributed by atoms with Crippen LogP contribution in [0.4, 0.5) is 16.3 Å². The van der Waals surface area contributed by atoms with E-state index in [1.54, 1.807) is 35.5 Å². The van der Waals surface area contributed by atoms with Crippen molar-refractivity contribution in [3.63, 3.8) is 0 Å². The molecule has 0 bridgehead atoms. The van der Waals surface area contributed by atoms with E-state index in [0.29, 0.717) is 18.1 Å². The van der Waals surface area contributed by atoms with Gasteiger partial charge in [-0.05, 0) is 18.2 Å². The number of hydrogen-bond acceptors (Lipinski definition) is 6. The Labute approximate surface area is 144 Å². The molecule has 0 unspecified atom stereocenters. The second kappa shape index (κ2) is 7.39. The van der Waals surface area contributed by atoms with Crippen LogP contribution in [0.3, 0.4) is 0 Å². The summed E-state index contributed by atoms with van der Waals surface area (Å²) in [5, 5.41) is 9.61. The molecule has 3 aromatic heterocycles. The minimum Gasteiger partial charge on any atom is -0.363 e. The molecule has 0 spiro atoms. The van der Waals surface area contributed by atoms with Crippen molar-refractivity contribution in [3.8, 4) is 5.82 Å². The Kier molecular flexibility index (Phi) is 4.84. The van der Waals surface area contributed by atoms with Gasteiger partial charge < -0.3 is 15.5 Å². The van der Waals surface area contributed by atoms with Crippen molar-refractivity contribution >= 4 is 17.5 Å². The van der Waals surface area contributed by atoms with Gasteiger partial charge in [0.2, 0.25) is 0 Å². The number of pyridine rings is 2. The Hall–Kier alpha value is -3.49. The minimum atomic E-state index is -0.326. The third-order valence-electron chi connectivity index (χ3n) is 3.41. The van der Waals surface area contributed by atoms with Gasteiger partial charge in [-0.1, -0.05) is 6.07 Å². The Morgan fingerprint density at radius 1 is 1.24 bits per heavy atom. The fourth-order valence-electron chi connectivity index (χ4n) is 2.17. The molecule has 2 N–H and O–H groups in total. The second-order valence-electron chi connectivity index (χ2n) is 5.43. The van der Waals surface area contributed by atoms with Gasteiger partial charge in [0.05, 0.1) is 11.9 Å². The molecule has 0 saturated carbocycles. The van der Waals surface area contributed by atoms with Gasteiger partial charge in [0.1, 0.15) is 18.5 Å². The highest BCUT2D eigenvalue weighted by molar-refractivity contribution is 5.89. The summed E-state index contributed by atoms with van der Waals surface area (Å²) in [6.45, 7) is 0.304. The van der Waals surface area contributed by atoms with Gasteiger partial charge >= 0.3 is 6.03 Å². The number of carbonyl (C=O) groups excluding carboxylic acids is 1. The zero-order chi connectivity index (χ0) is 17.6. The van der Waals surface area contributed by atoms with Gasteiger partial charge in [-0.15, -0.1) is 0 Å². The summed E-state index contributed by atoms with van der Waals surface area (Å²) in [7, 11) is 3.81. The van der Waals surface area contributed by atoms with E-state index in [0.717, 1.165) is 11.4 Å². The van der Waals surface area contributed by atoms with Crippen LogP contribution in [-0.2, 0) is 6.54 Å². The van der Waals surface area contributed by atoms with Gasteiger partial charge in [0.15, 0.2) is 5.82 Å². The summed E-state index contributed by atoms with van der Waals surface area (Å²) in [4.78, 5) is 26.4. The van der Waals surface area contributed by atoms with Crippen LogP contribution >= 0.6 is 0 Å². The van der Waals surface area contributed by atoms with Crippen LogP contribution in [0.25, 0.3) is 5.82 Å². The van der Waals surface area contributed by atoms with Gasteiger partial charge in [-0.3, -0.25) is 0 Å². The lowest BCUT2D eigenvalue weighted by molar-refractivity contribution is 0.251. The topological polar surface area (TPSA) is 101 Å². The first-order valence-electron chi connectivity index (χ1n) is 7.60. The first-order valence-corrected chi connectivity index (χ1v) is 7.60. The minimum absolute atomic E-state index is 0.304. The van der Waals surface area contributed by atoms with E-state index in [4.69, 9.17) is 0 Å². The third kappa shape index (κ3) is 4.08. The SMILES string of the molecule is CN(C)c1ccc(NC(=O)NCc2cccnc2-n2cncn2)cn1. The quantitative estimate of drug-likeness (QED) is 0.730. The summed E-state index contributed by atoms with van der Waals surface area (Å²) in [6.07, 6.45) is 6.27. The zero-order valence-electron chi connectivity index (χ0n) is 13.9. The maximum Gasteiger partial charge on any atom is 0.319 e. The van der Waals surface area contributed by atoms with E-state index >= 15 is 0 Å². The summed E-state index contributed by atoms with van der Waals surface area (Å²) in [5.74, 6) is 1.44. The maximum absolute atomic E-state index is 12.1. The number of amides is 2. The van der Waals surface area contributed by atoms with Gasteiger partial charge in [-0.25, -0.2) is 24.4 Å². The summed E-state index contributed by atoms with van der Waals surface area (Å²) in [6, 6.07) is 6.98. The molecule has 3 aromatic rings. The Balaban J connectivity index is 1.61. The molecular weight excluding hydrogens is 320 g/mol. The molecule has 25 heavy (non-hydrogen) atoms. The molecular formula is C16H18N8O. The molecule has 0 saturated heterocycles. The number of nitrogens with one attached hydrogen (secondary N) is 2. The Morgan fingerprint density at radius 2 is 2.12 bits per heavy atom. The van der Waals surface area contributed by atoms with Crippen molar-refractivity contribution in [2.45, 2.75) is 6.54 Å². The summed E-state index contributed by atoms with van der Waals surface area (Å²) in [5.41, 5.74) is 1.44. The van der Waals surface area contributed by atoms with Crippen molar-refractivity contribution in [2.24, 2.45) is 0 Å². The van der Waals surface area contributed by atoms with Crippen LogP contribution in [0.5, 0.6) is 0 Å². The molecule has 0 atom stereocenters. The standard InChI is InChI=1S/C16H18N8O/c1-23(2)14-6-5-13(9-19-14)22-16(25)20-8-12-4-3-7-18-15(12)24-11-17-10-21-24/h3-7,9-11H,8H2,1-2H3,(H2,20,22,25). The van der Waals surface area contributed by atoms with E-state index in [2.05, 4.69) is 30.7 Å². The van der Waals surface area contributed by atoms with Gasteiger partial charge in [0, 0.05) is 32.4 Å². The van der Waals surface area contributed by atoms with Crippen LogP contribution in [0.15, 0.2) is 49.3 Å². The maximum atomic E-state index is 12.1. The summed E-state index contributed by atoms with van der Waals surface area (Å²) < 4.78 is 1.55. The highest BCUT2D eigenvalue weighted by Crippen LogP contribution is 2.12. The van der Waals surface area contributed by atoms with Crippen LogP contribution in [0.1, 0.15) is 5.56 Å². The van der Waals surface area contributed by atoms with Crippen LogP contribution in [0.2, 0.25) is 0 Å². The number of hydrogen-bond donors (Lipinski definition) is 2. The van der Waals surface area contributed by atoms with E-state index in [1.807, 2.05) is 31.1 Å². The van der Waals surface area contributed by atoms with Crippen molar-refractivity contribution in [1.29, 1.82) is 0 Å². The molecule has 3 heterocycles. The monoisotopic (exact) mass is 338 g/mol. The molecule has 2 amide bonds. The van der Waals surface area contributed by atoms with Crippen LogP contribution in [-0.4, -0.2) is 44.9 Å². The van der Waals surface area contributed by atoms with E-state index < -0.39 is 0 Å². The van der Waals surface area contributed by atoms with Gasteiger partial charge in [0.25, 0.3) is 0 Å². The first-order chi connectivity index (χ1) is 12.1. The van der Waals surface area contributed by atoms with Crippen molar-refractivity contribution in [3.05, 3.63) is 54.9 Å². The predicted molar refractivity (Wildman–Crippen MR) is 93.6 cm³/mol. The fourth-order valence-corrected chi connectivity index (χ4v) is 2.17. The number of urea groups is 1. The number of rotatable bonds is 5. The molecule has 0 radical (unpaired) electrons. The highest BCUT2D eigenvalue weighted by atomic mass is 16.2. The number of nitrogens with zero attached hydrogens (tertiary/aromatic N) is 6. The van der Waals surface area contributed by atoms with Crippen LogP contribution < -0.4 is 15.5 Å². The average Bonchev–Trinajstić information content (AvgIpc) is 3.15. The zero-order valence-corrected chi connectivity index (χ0v) is 13.9. The van der Waals surface area contributed by atoms with Crippen molar-refractivity contribution < 1.29 is 4.79 Å². The van der Waals surface area contributed by atoms with Crippen molar-refractivity contribution in [1.82, 2.24) is 30.0 Å². The lowest BCUT2D eigenvalue weighted by Gasteiger charge is -2.12. The number of aromatic nitrogens is 5. The average molecular weight is 338 g/mol. The predicted octanol–water partition coefficient (Wildman–Crippen LogP) is 1.45. The molecule has 0 aliphatic rings. The van der Waals surface area contributed by atoms with Crippen molar-refractivity contribution in [2.75, 3.05) is 24.3 Å². The van der Waals surface area contributed by atoms with Gasteiger partial charge in [-0.2, -0.15) is 5.10 Å². The molecule has 9 nitrogen and oxygen atoms in total. The second-order valence-corrected chi connectivity index (χ2v) is 5.43. The smallest absolute Gasteiger partial charge is 0.319 e. The first kappa shape index (κ1) is 16.4. The summed E-state index contributed by atoms with van der Waals surface area (Å²) >= 11 is 0. The fraction of sp³-hybridized carbons (Fsp3) is 0.188. The molecule has 9 heteroatoms. The molecule has 0 fully saturated rings. The lowest BCUT2D eigenvalue weighted by Crippen LogP contribution is -2.28. The Bertz CT molecular complexity index is 830. The number of anilines is 2. The van der Waals surface area contributed by atoms with E-state index in [1.165, 1.54) is 6.33 Å².